The molecule has 0 unspecified atom stereocenters. The lowest BCUT2D eigenvalue weighted by atomic mass is 9.80. The van der Waals surface area contributed by atoms with E-state index in [1.807, 2.05) is 20.8 Å². The van der Waals surface area contributed by atoms with Gasteiger partial charge in [-0.1, -0.05) is 26.7 Å². The number of carbonyl (C=O) groups excluding carboxylic acids is 1. The van der Waals surface area contributed by atoms with E-state index in [2.05, 4.69) is 21.4 Å². The van der Waals surface area contributed by atoms with E-state index in [4.69, 9.17) is 0 Å². The van der Waals surface area contributed by atoms with E-state index >= 15 is 0 Å². The molecule has 108 valence electrons. The van der Waals surface area contributed by atoms with Gasteiger partial charge in [-0.15, -0.1) is 0 Å². The van der Waals surface area contributed by atoms with Crippen LogP contribution in [0.5, 0.6) is 0 Å². The highest BCUT2D eigenvalue weighted by Gasteiger charge is 2.36. The van der Waals surface area contributed by atoms with Crippen LogP contribution in [0.2, 0.25) is 0 Å². The maximum Gasteiger partial charge on any atom is 0.240 e. The molecule has 0 bridgehead atoms. The molecule has 0 fully saturated rings. The zero-order valence-corrected chi connectivity index (χ0v) is 12.4. The first kappa shape index (κ1) is 16.1. The first-order valence-electron chi connectivity index (χ1n) is 7.05. The molecule has 0 saturated carbocycles. The van der Waals surface area contributed by atoms with Gasteiger partial charge >= 0.3 is 0 Å². The Kier molecular flexibility index (Phi) is 6.10. The maximum atomic E-state index is 12.3. The van der Waals surface area contributed by atoms with E-state index in [0.29, 0.717) is 25.1 Å². The Balaban J connectivity index is 2.71. The van der Waals surface area contributed by atoms with Gasteiger partial charge < -0.3 is 5.32 Å². The second-order valence-corrected chi connectivity index (χ2v) is 5.03. The molecule has 0 aromatic carbocycles. The highest BCUT2D eigenvalue weighted by Crippen LogP contribution is 2.29. The van der Waals surface area contributed by atoms with Crippen LogP contribution in [-0.4, -0.2) is 15.9 Å². The first-order chi connectivity index (χ1) is 9.57. The third-order valence-electron chi connectivity index (χ3n) is 3.27. The average molecular weight is 274 g/mol. The van der Waals surface area contributed by atoms with Crippen LogP contribution >= 0.6 is 0 Å². The number of nitrogens with zero attached hydrogens (tertiary/aromatic N) is 3. The van der Waals surface area contributed by atoms with Gasteiger partial charge in [0.2, 0.25) is 5.91 Å². The summed E-state index contributed by atoms with van der Waals surface area (Å²) in [5.41, 5.74) is 0.619. The van der Waals surface area contributed by atoms with Crippen molar-refractivity contribution in [1.29, 1.82) is 5.26 Å². The fraction of sp³-hybridized carbons (Fsp3) is 0.600. The van der Waals surface area contributed by atoms with Crippen LogP contribution in [0, 0.1) is 23.7 Å². The highest BCUT2D eigenvalue weighted by atomic mass is 16.2. The average Bonchev–Trinajstić information content (AvgIpc) is 2.46. The lowest BCUT2D eigenvalue weighted by Crippen LogP contribution is -2.39. The molecule has 0 saturated heterocycles. The predicted octanol–water partition coefficient (Wildman–Crippen LogP) is 2.51. The summed E-state index contributed by atoms with van der Waals surface area (Å²) in [5.74, 6) is -0.203. The Morgan fingerprint density at radius 1 is 1.30 bits per heavy atom. The summed E-state index contributed by atoms with van der Waals surface area (Å²) < 4.78 is 0. The molecule has 1 N–H and O–H groups in total. The van der Waals surface area contributed by atoms with Crippen LogP contribution in [0.1, 0.15) is 50.9 Å². The minimum Gasteiger partial charge on any atom is -0.349 e. The lowest BCUT2D eigenvalue weighted by Gasteiger charge is -2.24. The van der Waals surface area contributed by atoms with Crippen LogP contribution in [0.15, 0.2) is 12.4 Å². The number of aryl methyl sites for hydroxylation is 1. The van der Waals surface area contributed by atoms with Gasteiger partial charge in [0.1, 0.15) is 5.41 Å². The molecular weight excluding hydrogens is 252 g/mol. The van der Waals surface area contributed by atoms with E-state index in [9.17, 15) is 10.1 Å². The normalized spacial score (nSPS) is 10.9. The quantitative estimate of drug-likeness (QED) is 0.828. The molecule has 1 amide bonds. The largest absolute Gasteiger partial charge is 0.349 e. The maximum absolute atomic E-state index is 12.3. The number of carbonyl (C=O) groups is 1. The van der Waals surface area contributed by atoms with Crippen molar-refractivity contribution in [3.05, 3.63) is 23.8 Å². The fourth-order valence-electron chi connectivity index (χ4n) is 2.22. The summed E-state index contributed by atoms with van der Waals surface area (Å²) in [4.78, 5) is 20.7. The summed E-state index contributed by atoms with van der Waals surface area (Å²) in [6, 6.07) is 2.21. The van der Waals surface area contributed by atoms with E-state index in [1.54, 1.807) is 12.4 Å². The van der Waals surface area contributed by atoms with E-state index < -0.39 is 5.41 Å². The molecular formula is C15H22N4O. The van der Waals surface area contributed by atoms with Crippen LogP contribution < -0.4 is 5.32 Å². The highest BCUT2D eigenvalue weighted by molar-refractivity contribution is 5.85. The Labute approximate surface area is 120 Å². The van der Waals surface area contributed by atoms with Crippen LogP contribution in [0.3, 0.4) is 0 Å². The number of hydrogen-bond donors (Lipinski definition) is 1. The fourth-order valence-corrected chi connectivity index (χ4v) is 2.22. The molecule has 20 heavy (non-hydrogen) atoms. The second kappa shape index (κ2) is 7.59. The molecule has 0 radical (unpaired) electrons. The summed E-state index contributed by atoms with van der Waals surface area (Å²) >= 11 is 0. The topological polar surface area (TPSA) is 78.7 Å². The second-order valence-electron chi connectivity index (χ2n) is 5.03. The van der Waals surface area contributed by atoms with Crippen molar-refractivity contribution >= 4 is 5.91 Å². The van der Waals surface area contributed by atoms with Crippen LogP contribution in [0.4, 0.5) is 0 Å². The lowest BCUT2D eigenvalue weighted by molar-refractivity contribution is -0.129. The van der Waals surface area contributed by atoms with Crippen molar-refractivity contribution in [2.75, 3.05) is 0 Å². The predicted molar refractivity (Wildman–Crippen MR) is 76.5 cm³/mol. The zero-order chi connectivity index (χ0) is 15.0. The molecule has 0 aliphatic carbocycles. The van der Waals surface area contributed by atoms with Crippen molar-refractivity contribution in [2.45, 2.75) is 53.0 Å². The van der Waals surface area contributed by atoms with Gasteiger partial charge in [-0.05, 0) is 19.8 Å². The van der Waals surface area contributed by atoms with Crippen LogP contribution in [0.25, 0.3) is 0 Å². The molecule has 1 aromatic heterocycles. The van der Waals surface area contributed by atoms with E-state index in [0.717, 1.165) is 18.5 Å². The molecule has 0 atom stereocenters. The van der Waals surface area contributed by atoms with Gasteiger partial charge in [0.05, 0.1) is 30.2 Å². The smallest absolute Gasteiger partial charge is 0.240 e. The molecule has 0 aliphatic heterocycles. The standard InChI is InChI=1S/C15H22N4O/c1-4-6-15(11-16,7-5-2)14(20)19-10-13-9-17-12(3)8-18-13/h8-9H,4-7,10H2,1-3H3,(H,19,20). The summed E-state index contributed by atoms with van der Waals surface area (Å²) in [5, 5.41) is 12.2. The number of aromatic nitrogens is 2. The summed E-state index contributed by atoms with van der Waals surface area (Å²) in [7, 11) is 0. The van der Waals surface area contributed by atoms with Crippen molar-refractivity contribution in [1.82, 2.24) is 15.3 Å². The number of nitrogens with one attached hydrogen (secondary N) is 1. The first-order valence-corrected chi connectivity index (χ1v) is 7.05. The van der Waals surface area contributed by atoms with Crippen molar-refractivity contribution < 1.29 is 4.79 Å². The number of amides is 1. The van der Waals surface area contributed by atoms with Crippen LogP contribution in [-0.2, 0) is 11.3 Å². The Morgan fingerprint density at radius 3 is 2.40 bits per heavy atom. The van der Waals surface area contributed by atoms with Crippen molar-refractivity contribution in [3.8, 4) is 6.07 Å². The van der Waals surface area contributed by atoms with Gasteiger partial charge in [-0.3, -0.25) is 14.8 Å². The van der Waals surface area contributed by atoms with Gasteiger partial charge in [0.25, 0.3) is 0 Å². The molecule has 1 heterocycles. The summed E-state index contributed by atoms with van der Waals surface area (Å²) in [6.45, 7) is 6.14. The van der Waals surface area contributed by atoms with Gasteiger partial charge in [0, 0.05) is 6.20 Å². The zero-order valence-electron chi connectivity index (χ0n) is 12.4. The third-order valence-corrected chi connectivity index (χ3v) is 3.27. The van der Waals surface area contributed by atoms with Gasteiger partial charge in [-0.25, -0.2) is 0 Å². The molecule has 5 nitrogen and oxygen atoms in total. The van der Waals surface area contributed by atoms with E-state index in [1.165, 1.54) is 0 Å². The third kappa shape index (κ3) is 4.02. The number of rotatable bonds is 7. The Bertz CT molecular complexity index is 470. The Morgan fingerprint density at radius 2 is 1.95 bits per heavy atom. The number of hydrogen-bond acceptors (Lipinski definition) is 4. The SMILES string of the molecule is CCCC(C#N)(CCC)C(=O)NCc1cnc(C)cn1. The minimum absolute atomic E-state index is 0.203. The van der Waals surface area contributed by atoms with Crippen molar-refractivity contribution in [3.63, 3.8) is 0 Å². The van der Waals surface area contributed by atoms with Gasteiger partial charge in [0.15, 0.2) is 0 Å². The molecule has 5 heteroatoms. The number of nitriles is 1. The molecule has 1 aromatic rings. The summed E-state index contributed by atoms with van der Waals surface area (Å²) in [6.07, 6.45) is 6.10. The minimum atomic E-state index is -0.915. The monoisotopic (exact) mass is 274 g/mol. The molecule has 0 spiro atoms. The molecule has 0 aliphatic rings. The van der Waals surface area contributed by atoms with E-state index in [-0.39, 0.29) is 5.91 Å². The Hall–Kier alpha value is -1.96. The van der Waals surface area contributed by atoms with Gasteiger partial charge in [-0.2, -0.15) is 5.26 Å². The van der Waals surface area contributed by atoms with Crippen molar-refractivity contribution in [2.24, 2.45) is 5.41 Å². The molecule has 1 rings (SSSR count).